The predicted molar refractivity (Wildman–Crippen MR) is 56.3 cm³/mol. The highest BCUT2D eigenvalue weighted by molar-refractivity contribution is 7.86. The van der Waals surface area contributed by atoms with Crippen molar-refractivity contribution in [2.45, 2.75) is 4.90 Å². The van der Waals surface area contributed by atoms with E-state index < -0.39 is 32.3 Å². The third kappa shape index (κ3) is 2.66. The number of carboxylic acids is 1. The number of hydrogen-bond donors (Lipinski definition) is 2. The van der Waals surface area contributed by atoms with Crippen molar-refractivity contribution in [2.24, 2.45) is 0 Å². The molecule has 8 heteroatoms. The topological polar surface area (TPSA) is 110 Å². The Kier molecular flexibility index (Phi) is 3.59. The van der Waals surface area contributed by atoms with E-state index in [0.717, 1.165) is 19.2 Å². The van der Waals surface area contributed by atoms with Gasteiger partial charge in [0.15, 0.2) is 5.75 Å². The van der Waals surface area contributed by atoms with Gasteiger partial charge in [0, 0.05) is 6.07 Å². The lowest BCUT2D eigenvalue weighted by Crippen LogP contribution is -2.08. The lowest BCUT2D eigenvalue weighted by Gasteiger charge is -2.11. The van der Waals surface area contributed by atoms with E-state index in [1.807, 2.05) is 0 Å². The first-order valence-corrected chi connectivity index (χ1v) is 5.72. The molecule has 0 aliphatic heterocycles. The van der Waals surface area contributed by atoms with Crippen LogP contribution in [0.2, 0.25) is 0 Å². The molecule has 94 valence electrons. The molecule has 1 aromatic carbocycles. The first-order valence-electron chi connectivity index (χ1n) is 4.28. The smallest absolute Gasteiger partial charge is 0.339 e. The van der Waals surface area contributed by atoms with E-state index in [1.165, 1.54) is 7.11 Å². The number of benzene rings is 1. The number of hydrogen-bond acceptors (Lipinski definition) is 5. The van der Waals surface area contributed by atoms with Gasteiger partial charge in [-0.15, -0.1) is 0 Å². The van der Waals surface area contributed by atoms with Gasteiger partial charge in [0.05, 0.1) is 14.2 Å². The third-order valence-corrected chi connectivity index (χ3v) is 2.84. The number of carbonyl (C=O) groups is 1. The van der Waals surface area contributed by atoms with Crippen molar-refractivity contribution in [3.8, 4) is 11.5 Å². The maximum atomic E-state index is 11.1. The van der Waals surface area contributed by atoms with Gasteiger partial charge in [0.1, 0.15) is 16.2 Å². The Hall–Kier alpha value is -1.80. The zero-order valence-electron chi connectivity index (χ0n) is 9.00. The van der Waals surface area contributed by atoms with Crippen LogP contribution in [0.25, 0.3) is 0 Å². The monoisotopic (exact) mass is 262 g/mol. The Morgan fingerprint density at radius 1 is 1.24 bits per heavy atom. The highest BCUT2D eigenvalue weighted by Crippen LogP contribution is 2.32. The van der Waals surface area contributed by atoms with Gasteiger partial charge in [-0.1, -0.05) is 0 Å². The minimum Gasteiger partial charge on any atom is -0.497 e. The molecular weight excluding hydrogens is 252 g/mol. The minimum absolute atomic E-state index is 0.0178. The summed E-state index contributed by atoms with van der Waals surface area (Å²) in [6.07, 6.45) is 0. The Balaban J connectivity index is 3.69. The lowest BCUT2D eigenvalue weighted by molar-refractivity contribution is 0.0692. The van der Waals surface area contributed by atoms with Crippen molar-refractivity contribution >= 4 is 16.1 Å². The molecular formula is C9H10O7S. The van der Waals surface area contributed by atoms with E-state index in [0.29, 0.717) is 0 Å². The van der Waals surface area contributed by atoms with E-state index >= 15 is 0 Å². The first kappa shape index (κ1) is 13.3. The molecule has 0 unspecified atom stereocenters. The quantitative estimate of drug-likeness (QED) is 0.766. The van der Waals surface area contributed by atoms with Gasteiger partial charge in [0.25, 0.3) is 10.1 Å². The highest BCUT2D eigenvalue weighted by Gasteiger charge is 2.24. The molecule has 2 N–H and O–H groups in total. The fraction of sp³-hybridized carbons (Fsp3) is 0.222. The largest absolute Gasteiger partial charge is 0.497 e. The molecule has 0 atom stereocenters. The molecule has 0 bridgehead atoms. The molecule has 17 heavy (non-hydrogen) atoms. The summed E-state index contributed by atoms with van der Waals surface area (Å²) in [5.41, 5.74) is -0.417. The van der Waals surface area contributed by atoms with Crippen molar-refractivity contribution < 1.29 is 32.3 Å². The van der Waals surface area contributed by atoms with Gasteiger partial charge in [-0.3, -0.25) is 4.55 Å². The molecule has 0 saturated carbocycles. The normalized spacial score (nSPS) is 11.0. The van der Waals surface area contributed by atoms with E-state index in [1.54, 1.807) is 0 Å². The molecule has 0 saturated heterocycles. The van der Waals surface area contributed by atoms with Crippen LogP contribution in [0, 0.1) is 0 Å². The molecule has 0 spiro atoms. The Morgan fingerprint density at radius 3 is 2.18 bits per heavy atom. The Morgan fingerprint density at radius 2 is 1.82 bits per heavy atom. The van der Waals surface area contributed by atoms with Crippen molar-refractivity contribution in [3.63, 3.8) is 0 Å². The van der Waals surface area contributed by atoms with Crippen molar-refractivity contribution in [3.05, 3.63) is 17.7 Å². The number of rotatable bonds is 4. The molecule has 0 amide bonds. The lowest BCUT2D eigenvalue weighted by atomic mass is 10.2. The molecule has 0 aliphatic carbocycles. The summed E-state index contributed by atoms with van der Waals surface area (Å²) in [4.78, 5) is 10.3. The van der Waals surface area contributed by atoms with Crippen molar-refractivity contribution in [1.29, 1.82) is 0 Å². The summed E-state index contributed by atoms with van der Waals surface area (Å²) in [7, 11) is -2.27. The van der Waals surface area contributed by atoms with E-state index in [4.69, 9.17) is 14.4 Å². The van der Waals surface area contributed by atoms with Crippen LogP contribution in [0.4, 0.5) is 0 Å². The van der Waals surface area contributed by atoms with Gasteiger partial charge in [0.2, 0.25) is 0 Å². The third-order valence-electron chi connectivity index (χ3n) is 1.98. The minimum atomic E-state index is -4.60. The average Bonchev–Trinajstić information content (AvgIpc) is 2.25. The van der Waals surface area contributed by atoms with Gasteiger partial charge in [-0.05, 0) is 6.07 Å². The van der Waals surface area contributed by atoms with E-state index in [9.17, 15) is 13.2 Å². The summed E-state index contributed by atoms with van der Waals surface area (Å²) < 4.78 is 40.6. The maximum Gasteiger partial charge on any atom is 0.339 e. The van der Waals surface area contributed by atoms with Gasteiger partial charge >= 0.3 is 5.97 Å². The summed E-state index contributed by atoms with van der Waals surface area (Å²) in [5.74, 6) is -1.86. The molecule has 0 fully saturated rings. The Labute approximate surface area is 97.3 Å². The molecule has 0 aliphatic rings. The van der Waals surface area contributed by atoms with Crippen LogP contribution in [-0.2, 0) is 10.1 Å². The first-order chi connectivity index (χ1) is 7.81. The van der Waals surface area contributed by atoms with Crippen LogP contribution in [0.5, 0.6) is 11.5 Å². The Bertz CT molecular complexity index is 547. The zero-order valence-corrected chi connectivity index (χ0v) is 9.82. The fourth-order valence-corrected chi connectivity index (χ4v) is 1.95. The van der Waals surface area contributed by atoms with Gasteiger partial charge in [-0.25, -0.2) is 4.79 Å². The van der Waals surface area contributed by atoms with Crippen LogP contribution < -0.4 is 9.47 Å². The van der Waals surface area contributed by atoms with Crippen molar-refractivity contribution in [2.75, 3.05) is 14.2 Å². The van der Waals surface area contributed by atoms with Crippen LogP contribution in [0.1, 0.15) is 10.4 Å². The number of aromatic carboxylic acids is 1. The highest BCUT2D eigenvalue weighted by atomic mass is 32.2. The predicted octanol–water partition coefficient (Wildman–Crippen LogP) is 0.649. The molecule has 7 nitrogen and oxygen atoms in total. The number of carboxylic acid groups (broad SMARTS) is 1. The zero-order chi connectivity index (χ0) is 13.2. The number of ether oxygens (including phenoxy) is 2. The van der Waals surface area contributed by atoms with Crippen LogP contribution in [-0.4, -0.2) is 38.3 Å². The SMILES string of the molecule is COc1cc(C(=O)O)c(OC)c(S(=O)(=O)O)c1. The van der Waals surface area contributed by atoms with Crippen LogP contribution in [0.15, 0.2) is 17.0 Å². The summed E-state index contributed by atoms with van der Waals surface area (Å²) >= 11 is 0. The number of methoxy groups -OCH3 is 2. The van der Waals surface area contributed by atoms with Crippen LogP contribution in [0.3, 0.4) is 0 Å². The van der Waals surface area contributed by atoms with E-state index in [2.05, 4.69) is 4.74 Å². The molecule has 0 aromatic heterocycles. The molecule has 1 rings (SSSR count). The van der Waals surface area contributed by atoms with Crippen molar-refractivity contribution in [1.82, 2.24) is 0 Å². The van der Waals surface area contributed by atoms with E-state index in [-0.39, 0.29) is 5.75 Å². The fourth-order valence-electron chi connectivity index (χ4n) is 1.26. The molecule has 0 heterocycles. The van der Waals surface area contributed by atoms with Gasteiger partial charge in [-0.2, -0.15) is 8.42 Å². The van der Waals surface area contributed by atoms with Gasteiger partial charge < -0.3 is 14.6 Å². The second-order valence-corrected chi connectivity index (χ2v) is 4.38. The summed E-state index contributed by atoms with van der Waals surface area (Å²) in [5, 5.41) is 8.89. The maximum absolute atomic E-state index is 11.1. The summed E-state index contributed by atoms with van der Waals surface area (Å²) in [6.45, 7) is 0. The molecule has 1 aromatic rings. The average molecular weight is 262 g/mol. The molecule has 0 radical (unpaired) electrons. The second-order valence-electron chi connectivity index (χ2n) is 2.99. The van der Waals surface area contributed by atoms with Crippen LogP contribution >= 0.6 is 0 Å². The second kappa shape index (κ2) is 4.60. The summed E-state index contributed by atoms with van der Waals surface area (Å²) in [6, 6.07) is 2.07. The standard InChI is InChI=1S/C9H10O7S/c1-15-5-3-6(9(10)11)8(16-2)7(4-5)17(12,13)14/h3-4H,1-2H3,(H,10,11)(H,12,13,14).